The van der Waals surface area contributed by atoms with Crippen LogP contribution in [-0.2, 0) is 9.59 Å². The molecule has 0 bridgehead atoms. The number of halogens is 1. The van der Waals surface area contributed by atoms with Gasteiger partial charge in [0.2, 0.25) is 6.41 Å². The molecule has 0 aliphatic heterocycles. The lowest BCUT2D eigenvalue weighted by atomic mass is 10.7. The number of carbonyl (C=O) groups is 2. The lowest BCUT2D eigenvalue weighted by Gasteiger charge is -1.84. The molecule has 0 saturated heterocycles. The van der Waals surface area contributed by atoms with Crippen LogP contribution in [0.25, 0.3) is 0 Å². The summed E-state index contributed by atoms with van der Waals surface area (Å²) in [6.45, 7) is -0.920. The molecule has 0 spiro atoms. The van der Waals surface area contributed by atoms with Crippen LogP contribution in [0.5, 0.6) is 0 Å². The molecular weight excluding hydrogens is 127 g/mol. The van der Waals surface area contributed by atoms with E-state index in [1.54, 1.807) is 0 Å². The molecule has 0 saturated carbocycles. The summed E-state index contributed by atoms with van der Waals surface area (Å²) in [7, 11) is 1.39. The van der Waals surface area contributed by atoms with Crippen molar-refractivity contribution in [3.63, 3.8) is 0 Å². The number of hydrogen-bond donors (Lipinski definition) is 2. The van der Waals surface area contributed by atoms with Gasteiger partial charge < -0.3 is 11.1 Å². The summed E-state index contributed by atoms with van der Waals surface area (Å²) in [5.41, 5.74) is 4.17. The Hall–Kier alpha value is -1.13. The summed E-state index contributed by atoms with van der Waals surface area (Å²) in [5.74, 6) is -0.574. The minimum atomic E-state index is -0.920. The van der Waals surface area contributed by atoms with Gasteiger partial charge in [-0.2, -0.15) is 0 Å². The molecule has 0 aromatic carbocycles. The maximum atomic E-state index is 11.0. The molecule has 9 heavy (non-hydrogen) atoms. The van der Waals surface area contributed by atoms with Gasteiger partial charge in [-0.05, 0) is 0 Å². The molecule has 3 N–H and O–H groups in total. The Kier molecular flexibility index (Phi) is 12.0. The van der Waals surface area contributed by atoms with Crippen molar-refractivity contribution in [1.82, 2.24) is 5.32 Å². The Labute approximate surface area is 52.2 Å². The third-order valence-corrected chi connectivity index (χ3v) is 0.400. The molecule has 0 rings (SSSR count). The van der Waals surface area contributed by atoms with Crippen molar-refractivity contribution < 1.29 is 14.0 Å². The van der Waals surface area contributed by atoms with E-state index >= 15 is 0 Å². The minimum absolute atomic E-state index is 0.250. The summed E-state index contributed by atoms with van der Waals surface area (Å²) in [6.07, 6.45) is 0.250. The quantitative estimate of drug-likeness (QED) is 0.444. The Morgan fingerprint density at radius 3 is 2.22 bits per heavy atom. The molecule has 4 nitrogen and oxygen atoms in total. The third-order valence-electron chi connectivity index (χ3n) is 0.400. The molecule has 0 radical (unpaired) electrons. The van der Waals surface area contributed by atoms with Gasteiger partial charge in [0.25, 0.3) is 5.91 Å². The Morgan fingerprint density at radius 2 is 2.22 bits per heavy atom. The zero-order valence-electron chi connectivity index (χ0n) is 5.06. The summed E-state index contributed by atoms with van der Waals surface area (Å²) in [4.78, 5) is 18.3. The standard InChI is InChI=1S/C3H6FNO.CH3NO/c1-5-3(6)2-4;2-1-3/h2H2,1H3,(H,5,6);1H,(H2,2,3). The van der Waals surface area contributed by atoms with Crippen LogP contribution in [0, 0.1) is 0 Å². The number of hydrogen-bond acceptors (Lipinski definition) is 2. The number of nitrogens with one attached hydrogen (secondary N) is 1. The van der Waals surface area contributed by atoms with Crippen LogP contribution < -0.4 is 11.1 Å². The van der Waals surface area contributed by atoms with Crippen molar-refractivity contribution in [2.75, 3.05) is 13.7 Å². The maximum absolute atomic E-state index is 11.0. The van der Waals surface area contributed by atoms with Gasteiger partial charge in [0, 0.05) is 7.05 Å². The first-order valence-corrected chi connectivity index (χ1v) is 2.14. The SMILES string of the molecule is CNC(=O)CF.NC=O. The zero-order chi connectivity index (χ0) is 7.70. The van der Waals surface area contributed by atoms with Crippen LogP contribution in [-0.4, -0.2) is 26.0 Å². The molecule has 0 aromatic heterocycles. The van der Waals surface area contributed by atoms with Crippen molar-refractivity contribution >= 4 is 12.3 Å². The molecular formula is C4H9FN2O2. The third kappa shape index (κ3) is 19.8. The number of primary amides is 1. The average Bonchev–Trinajstić information content (AvgIpc) is 1.88. The second-order valence-electron chi connectivity index (χ2n) is 0.943. The van der Waals surface area contributed by atoms with Gasteiger partial charge in [0.1, 0.15) is 0 Å². The number of alkyl halides is 1. The van der Waals surface area contributed by atoms with E-state index in [4.69, 9.17) is 4.79 Å². The molecule has 0 fully saturated rings. The van der Waals surface area contributed by atoms with Crippen LogP contribution in [0.4, 0.5) is 4.39 Å². The van der Waals surface area contributed by atoms with Gasteiger partial charge in [0.05, 0.1) is 0 Å². The molecule has 0 atom stereocenters. The van der Waals surface area contributed by atoms with E-state index in [0.29, 0.717) is 0 Å². The highest BCUT2D eigenvalue weighted by molar-refractivity contribution is 5.76. The van der Waals surface area contributed by atoms with Crippen LogP contribution in [0.1, 0.15) is 0 Å². The van der Waals surface area contributed by atoms with E-state index in [1.165, 1.54) is 7.05 Å². The lowest BCUT2D eigenvalue weighted by Crippen LogP contribution is -2.18. The topological polar surface area (TPSA) is 72.2 Å². The van der Waals surface area contributed by atoms with Crippen molar-refractivity contribution in [3.05, 3.63) is 0 Å². The Bertz CT molecular complexity index is 80.6. The number of rotatable bonds is 1. The largest absolute Gasteiger partial charge is 0.372 e. The molecule has 0 aliphatic carbocycles. The smallest absolute Gasteiger partial charge is 0.251 e. The molecule has 54 valence electrons. The van der Waals surface area contributed by atoms with Crippen LogP contribution in [0.2, 0.25) is 0 Å². The summed E-state index contributed by atoms with van der Waals surface area (Å²) < 4.78 is 11.0. The Balaban J connectivity index is 0. The van der Waals surface area contributed by atoms with E-state index in [2.05, 4.69) is 11.1 Å². The van der Waals surface area contributed by atoms with E-state index < -0.39 is 12.6 Å². The monoisotopic (exact) mass is 136 g/mol. The summed E-state index contributed by atoms with van der Waals surface area (Å²) >= 11 is 0. The first-order valence-electron chi connectivity index (χ1n) is 2.14. The van der Waals surface area contributed by atoms with Crippen LogP contribution in [0.3, 0.4) is 0 Å². The molecule has 2 amide bonds. The molecule has 0 heterocycles. The van der Waals surface area contributed by atoms with E-state index in [1.807, 2.05) is 0 Å². The minimum Gasteiger partial charge on any atom is -0.372 e. The van der Waals surface area contributed by atoms with Gasteiger partial charge in [-0.3, -0.25) is 9.59 Å². The summed E-state index contributed by atoms with van der Waals surface area (Å²) in [5, 5.41) is 2.10. The van der Waals surface area contributed by atoms with Gasteiger partial charge in [0.15, 0.2) is 6.67 Å². The second-order valence-corrected chi connectivity index (χ2v) is 0.943. The Morgan fingerprint density at radius 1 is 1.89 bits per heavy atom. The predicted molar refractivity (Wildman–Crippen MR) is 30.3 cm³/mol. The zero-order valence-corrected chi connectivity index (χ0v) is 5.06. The second kappa shape index (κ2) is 9.98. The van der Waals surface area contributed by atoms with Gasteiger partial charge in [-0.1, -0.05) is 0 Å². The van der Waals surface area contributed by atoms with E-state index in [0.717, 1.165) is 0 Å². The highest BCUT2D eigenvalue weighted by Gasteiger charge is 1.88. The van der Waals surface area contributed by atoms with Crippen LogP contribution >= 0.6 is 0 Å². The first-order chi connectivity index (χ1) is 4.22. The maximum Gasteiger partial charge on any atom is 0.251 e. The average molecular weight is 136 g/mol. The van der Waals surface area contributed by atoms with Crippen molar-refractivity contribution in [1.29, 1.82) is 0 Å². The molecule has 0 aliphatic rings. The normalized spacial score (nSPS) is 6.44. The van der Waals surface area contributed by atoms with Crippen molar-refractivity contribution in [2.24, 2.45) is 5.73 Å². The number of carbonyl (C=O) groups excluding carboxylic acids is 2. The highest BCUT2D eigenvalue weighted by atomic mass is 19.1. The molecule has 0 aromatic rings. The fourth-order valence-corrected chi connectivity index (χ4v) is 0.0668. The van der Waals surface area contributed by atoms with E-state index in [-0.39, 0.29) is 6.41 Å². The summed E-state index contributed by atoms with van der Waals surface area (Å²) in [6, 6.07) is 0. The van der Waals surface area contributed by atoms with Gasteiger partial charge in [-0.15, -0.1) is 0 Å². The van der Waals surface area contributed by atoms with E-state index in [9.17, 15) is 9.18 Å². The van der Waals surface area contributed by atoms with Gasteiger partial charge in [-0.25, -0.2) is 4.39 Å². The van der Waals surface area contributed by atoms with Crippen molar-refractivity contribution in [3.8, 4) is 0 Å². The fourth-order valence-electron chi connectivity index (χ4n) is 0.0668. The fraction of sp³-hybridized carbons (Fsp3) is 0.500. The van der Waals surface area contributed by atoms with Crippen LogP contribution in [0.15, 0.2) is 0 Å². The predicted octanol–water partition coefficient (Wildman–Crippen LogP) is -1.20. The number of amides is 2. The lowest BCUT2D eigenvalue weighted by molar-refractivity contribution is -0.121. The first kappa shape index (κ1) is 10.8. The molecule has 5 heteroatoms. The highest BCUT2D eigenvalue weighted by Crippen LogP contribution is 1.61. The number of nitrogens with two attached hydrogens (primary N) is 1. The van der Waals surface area contributed by atoms with Crippen molar-refractivity contribution in [2.45, 2.75) is 0 Å². The molecule has 0 unspecified atom stereocenters. The van der Waals surface area contributed by atoms with Gasteiger partial charge >= 0.3 is 0 Å².